The van der Waals surface area contributed by atoms with Gasteiger partial charge in [0.2, 0.25) is 0 Å². The largest absolute Gasteiger partial charge is 0.319 e. The fourth-order valence-corrected chi connectivity index (χ4v) is 2.12. The highest BCUT2D eigenvalue weighted by atomic mass is 79.9. The zero-order valence-electron chi connectivity index (χ0n) is 7.76. The van der Waals surface area contributed by atoms with E-state index in [1.54, 1.807) is 0 Å². The van der Waals surface area contributed by atoms with Crippen molar-refractivity contribution in [2.75, 3.05) is 13.6 Å². The molecule has 2 unspecified atom stereocenters. The summed E-state index contributed by atoms with van der Waals surface area (Å²) in [6, 6.07) is 8.71. The van der Waals surface area contributed by atoms with Crippen molar-refractivity contribution in [2.24, 2.45) is 5.92 Å². The van der Waals surface area contributed by atoms with Gasteiger partial charge in [0.15, 0.2) is 0 Å². The summed E-state index contributed by atoms with van der Waals surface area (Å²) in [5.74, 6) is 1.67. The van der Waals surface area contributed by atoms with E-state index in [4.69, 9.17) is 0 Å². The molecule has 0 radical (unpaired) electrons. The van der Waals surface area contributed by atoms with Gasteiger partial charge in [-0.25, -0.2) is 0 Å². The second-order valence-corrected chi connectivity index (χ2v) is 4.63. The van der Waals surface area contributed by atoms with Crippen LogP contribution < -0.4 is 5.32 Å². The molecular formula is C11H14BrN. The van der Waals surface area contributed by atoms with Crippen LogP contribution in [0, 0.1) is 5.92 Å². The first-order chi connectivity index (χ1) is 6.31. The van der Waals surface area contributed by atoms with E-state index in [1.807, 2.05) is 7.05 Å². The molecule has 1 fully saturated rings. The summed E-state index contributed by atoms with van der Waals surface area (Å²) >= 11 is 3.45. The van der Waals surface area contributed by atoms with Crippen LogP contribution in [0.15, 0.2) is 28.7 Å². The smallest absolute Gasteiger partial charge is 0.0175 e. The minimum absolute atomic E-state index is 0.806. The van der Waals surface area contributed by atoms with Crippen molar-refractivity contribution in [2.45, 2.75) is 12.3 Å². The van der Waals surface area contributed by atoms with Gasteiger partial charge >= 0.3 is 0 Å². The molecule has 0 aliphatic heterocycles. The molecule has 1 nitrogen and oxygen atoms in total. The Morgan fingerprint density at radius 2 is 2.08 bits per heavy atom. The fourth-order valence-electron chi connectivity index (χ4n) is 1.85. The molecule has 0 spiro atoms. The maximum absolute atomic E-state index is 3.45. The van der Waals surface area contributed by atoms with Crippen molar-refractivity contribution in [3.8, 4) is 0 Å². The summed E-state index contributed by atoms with van der Waals surface area (Å²) in [6.07, 6.45) is 1.35. The van der Waals surface area contributed by atoms with Crippen LogP contribution in [0.2, 0.25) is 0 Å². The molecule has 70 valence electrons. The lowest BCUT2D eigenvalue weighted by atomic mass is 10.1. The first-order valence-corrected chi connectivity index (χ1v) is 5.50. The van der Waals surface area contributed by atoms with E-state index in [0.717, 1.165) is 18.4 Å². The Morgan fingerprint density at radius 1 is 1.38 bits per heavy atom. The first kappa shape index (κ1) is 9.22. The van der Waals surface area contributed by atoms with E-state index in [1.165, 1.54) is 16.5 Å². The van der Waals surface area contributed by atoms with Crippen LogP contribution in [-0.4, -0.2) is 13.6 Å². The number of halogens is 1. The number of hydrogen-bond donors (Lipinski definition) is 1. The first-order valence-electron chi connectivity index (χ1n) is 4.71. The Balaban J connectivity index is 2.00. The Bertz CT molecular complexity index is 281. The predicted molar refractivity (Wildman–Crippen MR) is 58.9 cm³/mol. The SMILES string of the molecule is CNCC1CC1c1ccc(Br)cc1. The molecule has 1 aliphatic carbocycles. The Kier molecular flexibility index (Phi) is 2.70. The summed E-state index contributed by atoms with van der Waals surface area (Å²) in [5.41, 5.74) is 1.49. The zero-order valence-corrected chi connectivity index (χ0v) is 9.34. The van der Waals surface area contributed by atoms with E-state index in [2.05, 4.69) is 45.5 Å². The summed E-state index contributed by atoms with van der Waals surface area (Å²) in [6.45, 7) is 1.15. The van der Waals surface area contributed by atoms with Crippen LogP contribution in [0.5, 0.6) is 0 Å². The molecular weight excluding hydrogens is 226 g/mol. The van der Waals surface area contributed by atoms with Crippen molar-refractivity contribution >= 4 is 15.9 Å². The van der Waals surface area contributed by atoms with Crippen molar-refractivity contribution in [3.05, 3.63) is 34.3 Å². The molecule has 13 heavy (non-hydrogen) atoms. The summed E-state index contributed by atoms with van der Waals surface area (Å²) in [7, 11) is 2.02. The number of nitrogens with one attached hydrogen (secondary N) is 1. The zero-order chi connectivity index (χ0) is 9.26. The van der Waals surface area contributed by atoms with Crippen molar-refractivity contribution in [1.29, 1.82) is 0 Å². The van der Waals surface area contributed by atoms with Gasteiger partial charge in [0.05, 0.1) is 0 Å². The molecule has 1 aliphatic rings. The lowest BCUT2D eigenvalue weighted by Gasteiger charge is -2.00. The normalized spacial score (nSPS) is 26.0. The van der Waals surface area contributed by atoms with Crippen LogP contribution in [0.1, 0.15) is 17.9 Å². The lowest BCUT2D eigenvalue weighted by molar-refractivity contribution is 0.698. The minimum atomic E-state index is 0.806. The molecule has 0 aromatic heterocycles. The van der Waals surface area contributed by atoms with Gasteiger partial charge < -0.3 is 5.32 Å². The lowest BCUT2D eigenvalue weighted by Crippen LogP contribution is -2.10. The van der Waals surface area contributed by atoms with Gasteiger partial charge in [-0.1, -0.05) is 28.1 Å². The number of benzene rings is 1. The Hall–Kier alpha value is -0.340. The third-order valence-electron chi connectivity index (χ3n) is 2.69. The standard InChI is InChI=1S/C11H14BrN/c1-13-7-9-6-11(9)8-2-4-10(12)5-3-8/h2-5,9,11,13H,6-7H2,1H3. The van der Waals surface area contributed by atoms with Gasteiger partial charge in [-0.2, -0.15) is 0 Å². The van der Waals surface area contributed by atoms with E-state index in [-0.39, 0.29) is 0 Å². The summed E-state index contributed by atoms with van der Waals surface area (Å²) in [5, 5.41) is 3.23. The van der Waals surface area contributed by atoms with Crippen molar-refractivity contribution in [1.82, 2.24) is 5.32 Å². The maximum Gasteiger partial charge on any atom is 0.0175 e. The number of hydrogen-bond acceptors (Lipinski definition) is 1. The quantitative estimate of drug-likeness (QED) is 0.856. The highest BCUT2D eigenvalue weighted by molar-refractivity contribution is 9.10. The highest BCUT2D eigenvalue weighted by Crippen LogP contribution is 2.46. The molecule has 1 saturated carbocycles. The van der Waals surface area contributed by atoms with Crippen LogP contribution in [0.25, 0.3) is 0 Å². The Labute approximate surface area is 87.7 Å². The van der Waals surface area contributed by atoms with E-state index < -0.39 is 0 Å². The van der Waals surface area contributed by atoms with Crippen LogP contribution >= 0.6 is 15.9 Å². The van der Waals surface area contributed by atoms with E-state index in [0.29, 0.717) is 0 Å². The van der Waals surface area contributed by atoms with Gasteiger partial charge in [0.25, 0.3) is 0 Å². The van der Waals surface area contributed by atoms with Gasteiger partial charge in [-0.15, -0.1) is 0 Å². The molecule has 1 aromatic carbocycles. The van der Waals surface area contributed by atoms with E-state index in [9.17, 15) is 0 Å². The van der Waals surface area contributed by atoms with Gasteiger partial charge in [-0.05, 0) is 49.5 Å². The highest BCUT2D eigenvalue weighted by Gasteiger charge is 2.37. The molecule has 1 aromatic rings. The Morgan fingerprint density at radius 3 is 2.69 bits per heavy atom. The monoisotopic (exact) mass is 239 g/mol. The van der Waals surface area contributed by atoms with E-state index >= 15 is 0 Å². The summed E-state index contributed by atoms with van der Waals surface area (Å²) in [4.78, 5) is 0. The molecule has 0 bridgehead atoms. The average Bonchev–Trinajstić information content (AvgIpc) is 2.86. The topological polar surface area (TPSA) is 12.0 Å². The molecule has 2 heteroatoms. The molecule has 2 rings (SSSR count). The van der Waals surface area contributed by atoms with Crippen molar-refractivity contribution < 1.29 is 0 Å². The predicted octanol–water partition coefficient (Wildman–Crippen LogP) is 2.77. The molecule has 0 amide bonds. The second-order valence-electron chi connectivity index (χ2n) is 3.71. The van der Waals surface area contributed by atoms with Crippen LogP contribution in [-0.2, 0) is 0 Å². The average molecular weight is 240 g/mol. The molecule has 0 saturated heterocycles. The molecule has 0 heterocycles. The van der Waals surface area contributed by atoms with Gasteiger partial charge in [0.1, 0.15) is 0 Å². The van der Waals surface area contributed by atoms with Crippen molar-refractivity contribution in [3.63, 3.8) is 0 Å². The summed E-state index contributed by atoms with van der Waals surface area (Å²) < 4.78 is 1.17. The molecule has 2 atom stereocenters. The third kappa shape index (κ3) is 2.12. The fraction of sp³-hybridized carbons (Fsp3) is 0.455. The van der Waals surface area contributed by atoms with Gasteiger partial charge in [0, 0.05) is 4.47 Å². The second kappa shape index (κ2) is 3.81. The molecule has 1 N–H and O–H groups in total. The maximum atomic E-state index is 3.45. The number of rotatable bonds is 3. The minimum Gasteiger partial charge on any atom is -0.319 e. The van der Waals surface area contributed by atoms with Gasteiger partial charge in [-0.3, -0.25) is 0 Å². The third-order valence-corrected chi connectivity index (χ3v) is 3.22. The van der Waals surface area contributed by atoms with Crippen LogP contribution in [0.3, 0.4) is 0 Å². The van der Waals surface area contributed by atoms with Crippen LogP contribution in [0.4, 0.5) is 0 Å².